The smallest absolute Gasteiger partial charge is 0.338 e. The Labute approximate surface area is 367 Å². The van der Waals surface area contributed by atoms with Crippen LogP contribution in [0.15, 0.2) is 108 Å². The molecule has 0 amide bonds. The van der Waals surface area contributed by atoms with Crippen LogP contribution in [0.4, 0.5) is 0 Å². The summed E-state index contributed by atoms with van der Waals surface area (Å²) in [7, 11) is 0. The number of esters is 1. The molecule has 324 valence electrons. The minimum atomic E-state index is -0.231. The SMILES string of the molecule is Cc1ccc(Cc2cccc(COOC3=C4CC(OC(=O)c5cccc(Cc6ccc(C)cc6)c5)CC[C@]4(C)C4CC[C@]5(C)C(C(C)CCCC(C)C)CCC5C4C3)c2)cc1. The molecule has 4 aromatic carbocycles. The van der Waals surface area contributed by atoms with Crippen molar-refractivity contribution in [2.24, 2.45) is 46.3 Å². The Morgan fingerprint density at radius 2 is 1.34 bits per heavy atom. The minimum absolute atomic E-state index is 0.00523. The first kappa shape index (κ1) is 43.5. The van der Waals surface area contributed by atoms with Gasteiger partial charge in [0, 0.05) is 12.8 Å². The molecule has 4 aromatic rings. The van der Waals surface area contributed by atoms with E-state index in [0.717, 1.165) is 66.7 Å². The summed E-state index contributed by atoms with van der Waals surface area (Å²) in [6.45, 7) is 17.1. The third-order valence-electron chi connectivity index (χ3n) is 16.2. The van der Waals surface area contributed by atoms with E-state index in [1.165, 1.54) is 78.3 Å². The summed E-state index contributed by atoms with van der Waals surface area (Å²) >= 11 is 0. The molecule has 4 heteroatoms. The number of benzene rings is 4. The molecule has 0 N–H and O–H groups in total. The van der Waals surface area contributed by atoms with Gasteiger partial charge >= 0.3 is 5.97 Å². The lowest BCUT2D eigenvalue weighted by Gasteiger charge is -2.58. The van der Waals surface area contributed by atoms with E-state index in [4.69, 9.17) is 14.5 Å². The van der Waals surface area contributed by atoms with Crippen molar-refractivity contribution in [3.05, 3.63) is 153 Å². The highest BCUT2D eigenvalue weighted by molar-refractivity contribution is 5.89. The van der Waals surface area contributed by atoms with Crippen LogP contribution < -0.4 is 0 Å². The van der Waals surface area contributed by atoms with Gasteiger partial charge < -0.3 is 9.62 Å². The number of allylic oxidation sites excluding steroid dienone is 1. The lowest BCUT2D eigenvalue weighted by molar-refractivity contribution is -0.281. The molecule has 4 aliphatic rings. The Bertz CT molecular complexity index is 2150. The standard InChI is InChI=1S/C57H72O4/c1-38(2)11-8-12-41(5)50-25-26-51-49-36-54(61-59-37-46-15-9-13-44(33-46)31-42-21-17-39(3)18-22-42)53-35-48(27-29-57(53,7)52(49)28-30-56(50,51)6)60-55(58)47-16-10-14-45(34-47)32-43-23-19-40(4)20-24-43/h9-10,13-24,33-34,38,41,48-52H,8,11-12,25-32,35-37H2,1-7H3/t41?,48?,49?,50?,51?,52?,56-,57-/m1/s1. The summed E-state index contributed by atoms with van der Waals surface area (Å²) in [5.41, 5.74) is 10.9. The summed E-state index contributed by atoms with van der Waals surface area (Å²) < 4.78 is 6.42. The van der Waals surface area contributed by atoms with Gasteiger partial charge in [-0.25, -0.2) is 4.79 Å². The Balaban J connectivity index is 1.01. The van der Waals surface area contributed by atoms with Gasteiger partial charge in [0.15, 0.2) is 0 Å². The minimum Gasteiger partial charge on any atom is -0.458 e. The second-order valence-electron chi connectivity index (χ2n) is 20.9. The normalized spacial score (nSPS) is 27.6. The molecule has 8 atom stereocenters. The zero-order valence-corrected chi connectivity index (χ0v) is 38.3. The fourth-order valence-electron chi connectivity index (χ4n) is 12.8. The van der Waals surface area contributed by atoms with E-state index in [1.807, 2.05) is 18.2 Å². The summed E-state index contributed by atoms with van der Waals surface area (Å²) in [6.07, 6.45) is 14.3. The zero-order valence-electron chi connectivity index (χ0n) is 38.3. The van der Waals surface area contributed by atoms with Crippen molar-refractivity contribution in [2.45, 2.75) is 145 Å². The molecule has 4 nitrogen and oxygen atoms in total. The van der Waals surface area contributed by atoms with E-state index in [-0.39, 0.29) is 17.5 Å². The first-order chi connectivity index (χ1) is 29.4. The highest BCUT2D eigenvalue weighted by atomic mass is 17.2. The van der Waals surface area contributed by atoms with Gasteiger partial charge in [0.25, 0.3) is 0 Å². The maximum Gasteiger partial charge on any atom is 0.338 e. The fourth-order valence-corrected chi connectivity index (χ4v) is 12.8. The molecule has 0 heterocycles. The van der Waals surface area contributed by atoms with E-state index >= 15 is 0 Å². The van der Waals surface area contributed by atoms with Gasteiger partial charge in [-0.15, -0.1) is 0 Å². The third kappa shape index (κ3) is 9.75. The van der Waals surface area contributed by atoms with Gasteiger partial charge in [0.05, 0.1) is 5.56 Å². The van der Waals surface area contributed by atoms with Gasteiger partial charge in [-0.2, -0.15) is 4.89 Å². The number of carbonyl (C=O) groups is 1. The first-order valence-corrected chi connectivity index (χ1v) is 23.9. The molecule has 0 bridgehead atoms. The molecule has 3 fully saturated rings. The lowest BCUT2D eigenvalue weighted by atomic mass is 9.46. The monoisotopic (exact) mass is 821 g/mol. The predicted octanol–water partition coefficient (Wildman–Crippen LogP) is 14.5. The maximum atomic E-state index is 13.8. The number of aryl methyl sites for hydroxylation is 2. The van der Waals surface area contributed by atoms with Crippen LogP contribution in [0.2, 0.25) is 0 Å². The predicted molar refractivity (Wildman–Crippen MR) is 248 cm³/mol. The molecular formula is C57H72O4. The van der Waals surface area contributed by atoms with E-state index in [2.05, 4.69) is 127 Å². The molecular weight excluding hydrogens is 749 g/mol. The molecule has 0 saturated heterocycles. The van der Waals surface area contributed by atoms with Gasteiger partial charge in [-0.05, 0) is 157 Å². The van der Waals surface area contributed by atoms with Crippen LogP contribution in [-0.4, -0.2) is 12.1 Å². The van der Waals surface area contributed by atoms with Crippen molar-refractivity contribution in [1.82, 2.24) is 0 Å². The van der Waals surface area contributed by atoms with Crippen LogP contribution in [0.25, 0.3) is 0 Å². The fraction of sp³-hybridized carbons (Fsp3) is 0.526. The first-order valence-electron chi connectivity index (χ1n) is 23.9. The quantitative estimate of drug-likeness (QED) is 0.0681. The van der Waals surface area contributed by atoms with Crippen molar-refractivity contribution in [3.63, 3.8) is 0 Å². The number of hydrogen-bond acceptors (Lipinski definition) is 4. The van der Waals surface area contributed by atoms with Gasteiger partial charge in [-0.3, -0.25) is 0 Å². The molecule has 6 unspecified atom stereocenters. The van der Waals surface area contributed by atoms with Crippen LogP contribution in [0.1, 0.15) is 155 Å². The van der Waals surface area contributed by atoms with Crippen LogP contribution in [0, 0.1) is 60.2 Å². The van der Waals surface area contributed by atoms with Crippen LogP contribution in [0.5, 0.6) is 0 Å². The van der Waals surface area contributed by atoms with E-state index in [9.17, 15) is 4.79 Å². The van der Waals surface area contributed by atoms with Crippen molar-refractivity contribution >= 4 is 5.97 Å². The molecule has 0 radical (unpaired) electrons. The summed E-state index contributed by atoms with van der Waals surface area (Å²) in [5, 5.41) is 0. The third-order valence-corrected chi connectivity index (χ3v) is 16.2. The lowest BCUT2D eigenvalue weighted by Crippen LogP contribution is -2.52. The van der Waals surface area contributed by atoms with E-state index < -0.39 is 0 Å². The molecule has 0 aliphatic heterocycles. The number of carbonyl (C=O) groups excluding carboxylic acids is 1. The van der Waals surface area contributed by atoms with E-state index in [0.29, 0.717) is 41.8 Å². The Morgan fingerprint density at radius 3 is 2.03 bits per heavy atom. The average Bonchev–Trinajstić information content (AvgIpc) is 3.60. The largest absolute Gasteiger partial charge is 0.458 e. The molecule has 3 saturated carbocycles. The maximum absolute atomic E-state index is 13.8. The summed E-state index contributed by atoms with van der Waals surface area (Å²) in [5.74, 6) is 5.00. The summed E-state index contributed by atoms with van der Waals surface area (Å²) in [6, 6.07) is 34.2. The summed E-state index contributed by atoms with van der Waals surface area (Å²) in [4.78, 5) is 26.8. The molecule has 0 spiro atoms. The molecule has 0 aromatic heterocycles. The molecule has 61 heavy (non-hydrogen) atoms. The molecule has 4 aliphatic carbocycles. The number of rotatable bonds is 15. The Morgan fingerprint density at radius 1 is 0.689 bits per heavy atom. The zero-order chi connectivity index (χ0) is 42.7. The Kier molecular flexibility index (Phi) is 13.3. The average molecular weight is 821 g/mol. The van der Waals surface area contributed by atoms with Crippen molar-refractivity contribution in [3.8, 4) is 0 Å². The van der Waals surface area contributed by atoms with Crippen LogP contribution >= 0.6 is 0 Å². The van der Waals surface area contributed by atoms with Crippen molar-refractivity contribution in [2.75, 3.05) is 0 Å². The second-order valence-corrected chi connectivity index (χ2v) is 20.9. The molecule has 8 rings (SSSR count). The van der Waals surface area contributed by atoms with Crippen LogP contribution in [0.3, 0.4) is 0 Å². The van der Waals surface area contributed by atoms with Gasteiger partial charge in [-0.1, -0.05) is 150 Å². The number of fused-ring (bicyclic) bond motifs is 5. The van der Waals surface area contributed by atoms with Crippen molar-refractivity contribution in [1.29, 1.82) is 0 Å². The Hall–Kier alpha value is -4.15. The number of hydrogen-bond donors (Lipinski definition) is 0. The second kappa shape index (κ2) is 18.7. The van der Waals surface area contributed by atoms with Gasteiger partial charge in [0.1, 0.15) is 18.5 Å². The van der Waals surface area contributed by atoms with Crippen molar-refractivity contribution < 1.29 is 19.3 Å². The van der Waals surface area contributed by atoms with Gasteiger partial charge in [0.2, 0.25) is 0 Å². The highest BCUT2D eigenvalue weighted by Gasteiger charge is 2.61. The van der Waals surface area contributed by atoms with Crippen LogP contribution in [-0.2, 0) is 34.0 Å². The van der Waals surface area contributed by atoms with E-state index in [1.54, 1.807) is 0 Å². The topological polar surface area (TPSA) is 44.8 Å². The number of ether oxygens (including phenoxy) is 1. The highest BCUT2D eigenvalue weighted by Crippen LogP contribution is 2.68.